The van der Waals surface area contributed by atoms with Crippen LogP contribution in [-0.2, 0) is 24.0 Å². The molecule has 24 heavy (non-hydrogen) atoms. The molecule has 0 spiro atoms. The molecule has 0 aromatic rings. The van der Waals surface area contributed by atoms with Gasteiger partial charge in [0.1, 0.15) is 0 Å². The molecule has 0 aromatic carbocycles. The molecule has 7 heteroatoms. The van der Waals surface area contributed by atoms with E-state index in [-0.39, 0.29) is 23.5 Å². The Kier molecular flexibility index (Phi) is 3.09. The van der Waals surface area contributed by atoms with Gasteiger partial charge in [0, 0.05) is 0 Å². The van der Waals surface area contributed by atoms with E-state index in [4.69, 9.17) is 4.28 Å². The van der Waals surface area contributed by atoms with E-state index in [1.165, 1.54) is 6.42 Å². The van der Waals surface area contributed by atoms with Crippen molar-refractivity contribution in [1.29, 1.82) is 0 Å². The fraction of sp³-hybridized carbons (Fsp3) is 0.765. The molecule has 0 aromatic heterocycles. The number of fused-ring (bicyclic) bond motifs is 7. The second kappa shape index (κ2) is 4.91. The summed E-state index contributed by atoms with van der Waals surface area (Å²) in [6, 6.07) is 0. The average Bonchev–Trinajstić information content (AvgIpc) is 3.30. The first-order valence-electron chi connectivity index (χ1n) is 8.91. The lowest BCUT2D eigenvalue weighted by Crippen LogP contribution is -2.37. The maximum Gasteiger partial charge on any atom is 0.288 e. The highest BCUT2D eigenvalue weighted by Crippen LogP contribution is 2.53. The molecule has 2 amide bonds. The van der Waals surface area contributed by atoms with Crippen molar-refractivity contribution in [3.8, 4) is 0 Å². The lowest BCUT2D eigenvalue weighted by molar-refractivity contribution is -0.166. The number of hydroxylamine groups is 2. The van der Waals surface area contributed by atoms with Crippen molar-refractivity contribution in [2.24, 2.45) is 41.4 Å². The Bertz CT molecular complexity index is 714. The Balaban J connectivity index is 1.31. The fourth-order valence-electron chi connectivity index (χ4n) is 5.94. The Hall–Kier alpha value is -1.21. The van der Waals surface area contributed by atoms with Crippen LogP contribution in [0.5, 0.6) is 0 Å². The van der Waals surface area contributed by atoms with Crippen molar-refractivity contribution < 1.29 is 22.3 Å². The fourth-order valence-corrected chi connectivity index (χ4v) is 7.30. The third kappa shape index (κ3) is 2.07. The molecular formula is C17H21NO5S. The summed E-state index contributed by atoms with van der Waals surface area (Å²) in [5, 5.41) is 0.560. The van der Waals surface area contributed by atoms with Crippen LogP contribution in [0.2, 0.25) is 0 Å². The second-order valence-electron chi connectivity index (χ2n) is 8.20. The standard InChI is InChI=1S/C17H21NO5S/c19-16-14-11-3-4-12(7-11)15(14)17(20)18(16)23-24(21,22)8-13-6-9-1-2-10(13)5-9/h3-4,9-15H,1-2,5-8H2. The van der Waals surface area contributed by atoms with E-state index in [0.29, 0.717) is 16.9 Å². The third-order valence-electron chi connectivity index (χ3n) is 6.92. The minimum atomic E-state index is -3.92. The zero-order chi connectivity index (χ0) is 16.6. The summed E-state index contributed by atoms with van der Waals surface area (Å²) in [4.78, 5) is 25.0. The largest absolute Gasteiger partial charge is 0.288 e. The molecule has 1 aliphatic heterocycles. The van der Waals surface area contributed by atoms with E-state index in [1.54, 1.807) is 0 Å². The monoisotopic (exact) mass is 351 g/mol. The zero-order valence-electron chi connectivity index (χ0n) is 13.3. The van der Waals surface area contributed by atoms with Gasteiger partial charge in [-0.2, -0.15) is 8.42 Å². The van der Waals surface area contributed by atoms with E-state index in [9.17, 15) is 18.0 Å². The van der Waals surface area contributed by atoms with E-state index in [0.717, 1.165) is 25.7 Å². The van der Waals surface area contributed by atoms with Crippen LogP contribution < -0.4 is 0 Å². The van der Waals surface area contributed by atoms with E-state index in [2.05, 4.69) is 0 Å². The molecule has 1 heterocycles. The second-order valence-corrected chi connectivity index (χ2v) is 9.80. The summed E-state index contributed by atoms with van der Waals surface area (Å²) >= 11 is 0. The number of imide groups is 1. The summed E-state index contributed by atoms with van der Waals surface area (Å²) in [5.41, 5.74) is 0. The molecule has 4 fully saturated rings. The SMILES string of the molecule is O=C1C2C3C=CC(C3)C2C(=O)N1OS(=O)(=O)CC1CC2CCC1C2. The van der Waals surface area contributed by atoms with Gasteiger partial charge in [0.05, 0.1) is 17.6 Å². The average molecular weight is 351 g/mol. The number of carbonyl (C=O) groups excluding carboxylic acids is 2. The number of nitrogens with zero attached hydrogens (tertiary/aromatic N) is 1. The Morgan fingerprint density at radius 2 is 1.67 bits per heavy atom. The summed E-state index contributed by atoms with van der Waals surface area (Å²) in [6.45, 7) is 0. The van der Waals surface area contributed by atoms with Crippen molar-refractivity contribution in [3.05, 3.63) is 12.2 Å². The first-order chi connectivity index (χ1) is 11.4. The summed E-state index contributed by atoms with van der Waals surface area (Å²) in [5.74, 6) is -0.558. The van der Waals surface area contributed by atoms with Crippen LogP contribution in [-0.4, -0.2) is 31.0 Å². The number of hydrogen-bond donors (Lipinski definition) is 0. The minimum Gasteiger partial charge on any atom is -0.272 e. The maximum absolute atomic E-state index is 12.5. The molecule has 130 valence electrons. The molecule has 7 unspecified atom stereocenters. The van der Waals surface area contributed by atoms with Gasteiger partial charge in [0.15, 0.2) is 0 Å². The van der Waals surface area contributed by atoms with Crippen molar-refractivity contribution in [2.75, 3.05) is 5.75 Å². The van der Waals surface area contributed by atoms with E-state index < -0.39 is 33.8 Å². The van der Waals surface area contributed by atoms with Gasteiger partial charge in [-0.05, 0) is 55.3 Å². The zero-order valence-corrected chi connectivity index (χ0v) is 14.2. The molecular weight excluding hydrogens is 330 g/mol. The van der Waals surface area contributed by atoms with Crippen LogP contribution in [0.4, 0.5) is 0 Å². The van der Waals surface area contributed by atoms with Crippen LogP contribution in [0, 0.1) is 41.4 Å². The Labute approximate surface area is 141 Å². The topological polar surface area (TPSA) is 80.8 Å². The first-order valence-corrected chi connectivity index (χ1v) is 10.5. The minimum absolute atomic E-state index is 0.0540. The van der Waals surface area contributed by atoms with Crippen molar-refractivity contribution in [3.63, 3.8) is 0 Å². The number of allylic oxidation sites excluding steroid dienone is 2. The maximum atomic E-state index is 12.5. The molecule has 4 bridgehead atoms. The van der Waals surface area contributed by atoms with Crippen LogP contribution >= 0.6 is 0 Å². The highest BCUT2D eigenvalue weighted by Gasteiger charge is 2.61. The van der Waals surface area contributed by atoms with Gasteiger partial charge in [-0.25, -0.2) is 0 Å². The third-order valence-corrected chi connectivity index (χ3v) is 8.13. The van der Waals surface area contributed by atoms with Gasteiger partial charge in [-0.3, -0.25) is 9.59 Å². The van der Waals surface area contributed by atoms with Gasteiger partial charge >= 0.3 is 0 Å². The molecule has 0 N–H and O–H groups in total. The van der Waals surface area contributed by atoms with E-state index >= 15 is 0 Å². The predicted octanol–water partition coefficient (Wildman–Crippen LogP) is 1.49. The van der Waals surface area contributed by atoms with Gasteiger partial charge in [-0.15, -0.1) is 9.35 Å². The summed E-state index contributed by atoms with van der Waals surface area (Å²) < 4.78 is 29.9. The van der Waals surface area contributed by atoms with Gasteiger partial charge < -0.3 is 0 Å². The lowest BCUT2D eigenvalue weighted by atomic mass is 9.85. The molecule has 5 rings (SSSR count). The van der Waals surface area contributed by atoms with Gasteiger partial charge in [0.25, 0.3) is 21.9 Å². The number of rotatable bonds is 4. The smallest absolute Gasteiger partial charge is 0.272 e. The molecule has 6 nitrogen and oxygen atoms in total. The molecule has 0 radical (unpaired) electrons. The summed E-state index contributed by atoms with van der Waals surface area (Å²) in [6.07, 6.45) is 9.10. The lowest BCUT2D eigenvalue weighted by Gasteiger charge is -2.22. The molecule has 1 saturated heterocycles. The van der Waals surface area contributed by atoms with Gasteiger partial charge in [-0.1, -0.05) is 18.6 Å². The molecule has 5 aliphatic rings. The number of hydrogen-bond acceptors (Lipinski definition) is 5. The predicted molar refractivity (Wildman–Crippen MR) is 83.4 cm³/mol. The van der Waals surface area contributed by atoms with Crippen LogP contribution in [0.25, 0.3) is 0 Å². The van der Waals surface area contributed by atoms with Gasteiger partial charge in [0.2, 0.25) is 0 Å². The van der Waals surface area contributed by atoms with E-state index in [1.807, 2.05) is 12.2 Å². The molecule has 3 saturated carbocycles. The Morgan fingerprint density at radius 3 is 2.21 bits per heavy atom. The number of amides is 2. The highest BCUT2D eigenvalue weighted by atomic mass is 32.2. The van der Waals surface area contributed by atoms with Crippen LogP contribution in [0.3, 0.4) is 0 Å². The van der Waals surface area contributed by atoms with Crippen LogP contribution in [0.15, 0.2) is 12.2 Å². The Morgan fingerprint density at radius 1 is 1.00 bits per heavy atom. The quantitative estimate of drug-likeness (QED) is 0.566. The molecule has 7 atom stereocenters. The summed E-state index contributed by atoms with van der Waals surface area (Å²) in [7, 11) is -3.92. The highest BCUT2D eigenvalue weighted by molar-refractivity contribution is 7.86. The van der Waals surface area contributed by atoms with Crippen LogP contribution in [0.1, 0.15) is 32.1 Å². The normalized spacial score (nSPS) is 45.7. The first kappa shape index (κ1) is 15.1. The van der Waals surface area contributed by atoms with Crippen molar-refractivity contribution in [1.82, 2.24) is 5.06 Å². The van der Waals surface area contributed by atoms with Crippen molar-refractivity contribution >= 4 is 21.9 Å². The van der Waals surface area contributed by atoms with Crippen molar-refractivity contribution in [2.45, 2.75) is 32.1 Å². The number of carbonyl (C=O) groups is 2. The molecule has 4 aliphatic carbocycles.